The van der Waals surface area contributed by atoms with E-state index in [-0.39, 0.29) is 5.78 Å². The van der Waals surface area contributed by atoms with E-state index in [0.29, 0.717) is 46.1 Å². The lowest BCUT2D eigenvalue weighted by molar-refractivity contribution is -0.136. The van der Waals surface area contributed by atoms with E-state index >= 15 is 0 Å². The highest BCUT2D eigenvalue weighted by atomic mass is 16.5. The fraction of sp³-hybridized carbons (Fsp3) is 0.429. The van der Waals surface area contributed by atoms with Crippen LogP contribution in [-0.2, 0) is 14.3 Å². The first kappa shape index (κ1) is 19.8. The van der Waals surface area contributed by atoms with Crippen LogP contribution >= 0.6 is 0 Å². The molecular weight excluding hydrogens is 362 g/mol. The summed E-state index contributed by atoms with van der Waals surface area (Å²) in [5, 5.41) is 3.24. The number of allylic oxidation sites excluding steroid dienone is 3. The number of ketones is 1. The van der Waals surface area contributed by atoms with Crippen molar-refractivity contribution >= 4 is 11.8 Å². The molecule has 1 aromatic carbocycles. The van der Waals surface area contributed by atoms with E-state index in [1.807, 2.05) is 6.92 Å². The fourth-order valence-corrected chi connectivity index (χ4v) is 4.03. The van der Waals surface area contributed by atoms with Crippen molar-refractivity contribution < 1.29 is 28.5 Å². The molecule has 7 nitrogen and oxygen atoms in total. The molecule has 2 aliphatic rings. The van der Waals surface area contributed by atoms with Crippen molar-refractivity contribution in [2.75, 3.05) is 28.4 Å². The molecule has 1 N–H and O–H groups in total. The van der Waals surface area contributed by atoms with Gasteiger partial charge in [0, 0.05) is 29.0 Å². The van der Waals surface area contributed by atoms with Crippen LogP contribution < -0.4 is 19.5 Å². The second kappa shape index (κ2) is 7.96. The first-order chi connectivity index (χ1) is 13.5. The Labute approximate surface area is 164 Å². The molecule has 3 rings (SSSR count). The van der Waals surface area contributed by atoms with E-state index in [9.17, 15) is 9.59 Å². The quantitative estimate of drug-likeness (QED) is 0.778. The molecule has 1 heterocycles. The van der Waals surface area contributed by atoms with Crippen LogP contribution in [0.5, 0.6) is 17.2 Å². The Morgan fingerprint density at radius 2 is 1.75 bits per heavy atom. The summed E-state index contributed by atoms with van der Waals surface area (Å²) in [7, 11) is 5.91. The smallest absolute Gasteiger partial charge is 0.336 e. The molecule has 150 valence electrons. The standard InChI is InChI=1S/C21H25NO6/c1-11-16(21(24)28-5)17(18-13(22-11)7-6-8-14(18)23)12-9-10-15(25-2)20(27-4)19(12)26-3/h9-10,17,22H,6-8H2,1-5H3. The van der Waals surface area contributed by atoms with E-state index in [0.717, 1.165) is 18.5 Å². The van der Waals surface area contributed by atoms with Gasteiger partial charge in [-0.05, 0) is 25.8 Å². The highest BCUT2D eigenvalue weighted by molar-refractivity contribution is 6.04. The molecule has 1 unspecified atom stereocenters. The van der Waals surface area contributed by atoms with E-state index in [4.69, 9.17) is 18.9 Å². The molecule has 0 spiro atoms. The van der Waals surface area contributed by atoms with Gasteiger partial charge in [0.05, 0.1) is 39.9 Å². The Kier molecular flexibility index (Phi) is 5.63. The third kappa shape index (κ3) is 3.10. The van der Waals surface area contributed by atoms with Crippen molar-refractivity contribution in [3.05, 3.63) is 40.2 Å². The van der Waals surface area contributed by atoms with Crippen molar-refractivity contribution in [1.82, 2.24) is 5.32 Å². The number of hydrogen-bond donors (Lipinski definition) is 1. The minimum Gasteiger partial charge on any atom is -0.493 e. The molecule has 0 radical (unpaired) electrons. The number of benzene rings is 1. The number of carbonyl (C=O) groups is 2. The highest BCUT2D eigenvalue weighted by Gasteiger charge is 2.41. The van der Waals surface area contributed by atoms with Gasteiger partial charge in [0.15, 0.2) is 17.3 Å². The Bertz CT molecular complexity index is 883. The number of hydrogen-bond acceptors (Lipinski definition) is 7. The van der Waals surface area contributed by atoms with Crippen molar-refractivity contribution in [3.63, 3.8) is 0 Å². The van der Waals surface area contributed by atoms with Gasteiger partial charge < -0.3 is 24.3 Å². The van der Waals surface area contributed by atoms with Gasteiger partial charge in [0.2, 0.25) is 5.75 Å². The molecule has 0 saturated heterocycles. The van der Waals surface area contributed by atoms with Crippen LogP contribution in [0.4, 0.5) is 0 Å². The number of dihydropyridines is 1. The summed E-state index contributed by atoms with van der Waals surface area (Å²) in [6, 6.07) is 3.55. The molecule has 0 amide bonds. The zero-order valence-electron chi connectivity index (χ0n) is 16.8. The summed E-state index contributed by atoms with van der Waals surface area (Å²) >= 11 is 0. The maximum Gasteiger partial charge on any atom is 0.336 e. The van der Waals surface area contributed by atoms with Crippen LogP contribution in [0.3, 0.4) is 0 Å². The average molecular weight is 387 g/mol. The molecule has 28 heavy (non-hydrogen) atoms. The van der Waals surface area contributed by atoms with Gasteiger partial charge in [-0.1, -0.05) is 6.07 Å². The molecule has 1 aromatic rings. The molecule has 0 aromatic heterocycles. The lowest BCUT2D eigenvalue weighted by Crippen LogP contribution is -2.34. The number of esters is 1. The number of carbonyl (C=O) groups excluding carboxylic acids is 2. The Hall–Kier alpha value is -2.96. The van der Waals surface area contributed by atoms with Crippen LogP contribution in [0.15, 0.2) is 34.7 Å². The predicted molar refractivity (Wildman–Crippen MR) is 103 cm³/mol. The largest absolute Gasteiger partial charge is 0.493 e. The van der Waals surface area contributed by atoms with E-state index in [1.165, 1.54) is 28.4 Å². The predicted octanol–water partition coefficient (Wildman–Crippen LogP) is 2.85. The molecule has 0 saturated carbocycles. The van der Waals surface area contributed by atoms with Gasteiger partial charge in [-0.3, -0.25) is 4.79 Å². The third-order valence-electron chi connectivity index (χ3n) is 5.23. The van der Waals surface area contributed by atoms with Gasteiger partial charge in [-0.2, -0.15) is 0 Å². The zero-order chi connectivity index (χ0) is 20.4. The summed E-state index contributed by atoms with van der Waals surface area (Å²) in [4.78, 5) is 25.6. The second-order valence-electron chi connectivity index (χ2n) is 6.68. The molecule has 1 aliphatic carbocycles. The Balaban J connectivity index is 2.30. The Morgan fingerprint density at radius 1 is 1.04 bits per heavy atom. The minimum absolute atomic E-state index is 0.0180. The van der Waals surface area contributed by atoms with E-state index in [2.05, 4.69) is 5.32 Å². The third-order valence-corrected chi connectivity index (χ3v) is 5.23. The fourth-order valence-electron chi connectivity index (χ4n) is 4.03. The summed E-state index contributed by atoms with van der Waals surface area (Å²) in [6.07, 6.45) is 1.97. The number of nitrogens with one attached hydrogen (secondary N) is 1. The molecule has 7 heteroatoms. The summed E-state index contributed by atoms with van der Waals surface area (Å²) in [6.45, 7) is 1.81. The van der Waals surface area contributed by atoms with Crippen LogP contribution in [-0.4, -0.2) is 40.2 Å². The van der Waals surface area contributed by atoms with Crippen molar-refractivity contribution in [3.8, 4) is 17.2 Å². The van der Waals surface area contributed by atoms with Crippen LogP contribution in [0, 0.1) is 0 Å². The number of ether oxygens (including phenoxy) is 4. The number of methoxy groups -OCH3 is 4. The van der Waals surface area contributed by atoms with Crippen LogP contribution in [0.1, 0.15) is 37.7 Å². The van der Waals surface area contributed by atoms with Crippen LogP contribution in [0.25, 0.3) is 0 Å². The summed E-state index contributed by atoms with van der Waals surface area (Å²) in [5.74, 6) is 0.260. The van der Waals surface area contributed by atoms with Crippen molar-refractivity contribution in [1.29, 1.82) is 0 Å². The lowest BCUT2D eigenvalue weighted by atomic mass is 9.75. The maximum absolute atomic E-state index is 12.9. The molecule has 1 aliphatic heterocycles. The van der Waals surface area contributed by atoms with Crippen molar-refractivity contribution in [2.45, 2.75) is 32.1 Å². The first-order valence-corrected chi connectivity index (χ1v) is 9.09. The van der Waals surface area contributed by atoms with Gasteiger partial charge >= 0.3 is 5.97 Å². The van der Waals surface area contributed by atoms with E-state index in [1.54, 1.807) is 12.1 Å². The zero-order valence-corrected chi connectivity index (χ0v) is 16.8. The molecule has 1 atom stereocenters. The highest BCUT2D eigenvalue weighted by Crippen LogP contribution is 2.49. The van der Waals surface area contributed by atoms with Gasteiger partial charge in [-0.15, -0.1) is 0 Å². The SMILES string of the molecule is COC(=O)C1=C(C)NC2=C(C(=O)CCC2)C1c1ccc(OC)c(OC)c1OC. The number of Topliss-reactive ketones (excluding diaryl/α,β-unsaturated/α-hetero) is 1. The van der Waals surface area contributed by atoms with E-state index < -0.39 is 11.9 Å². The molecule has 0 fully saturated rings. The maximum atomic E-state index is 12.9. The summed E-state index contributed by atoms with van der Waals surface area (Å²) < 4.78 is 21.5. The monoisotopic (exact) mass is 387 g/mol. The normalized spacial score (nSPS) is 19.0. The Morgan fingerprint density at radius 3 is 2.36 bits per heavy atom. The molecular formula is C21H25NO6. The van der Waals surface area contributed by atoms with Gasteiger partial charge in [0.25, 0.3) is 0 Å². The lowest BCUT2D eigenvalue weighted by Gasteiger charge is -2.34. The van der Waals surface area contributed by atoms with Crippen LogP contribution in [0.2, 0.25) is 0 Å². The summed E-state index contributed by atoms with van der Waals surface area (Å²) in [5.41, 5.74) is 3.15. The topological polar surface area (TPSA) is 83.1 Å². The van der Waals surface area contributed by atoms with Gasteiger partial charge in [0.1, 0.15) is 0 Å². The van der Waals surface area contributed by atoms with Gasteiger partial charge in [-0.25, -0.2) is 4.79 Å². The van der Waals surface area contributed by atoms with Crippen molar-refractivity contribution in [2.24, 2.45) is 0 Å². The number of rotatable bonds is 5. The minimum atomic E-state index is -0.605. The average Bonchev–Trinajstić information content (AvgIpc) is 2.71. The second-order valence-corrected chi connectivity index (χ2v) is 6.68. The molecule has 0 bridgehead atoms. The first-order valence-electron chi connectivity index (χ1n) is 9.09.